The zero-order valence-corrected chi connectivity index (χ0v) is 16.4. The van der Waals surface area contributed by atoms with E-state index in [4.69, 9.17) is 23.2 Å². The summed E-state index contributed by atoms with van der Waals surface area (Å²) in [5, 5.41) is 6.90. The summed E-state index contributed by atoms with van der Waals surface area (Å²) < 4.78 is 29.5. The Balaban J connectivity index is 1.65. The maximum Gasteiger partial charge on any atom is 0.257 e. The Kier molecular flexibility index (Phi) is 4.94. The average Bonchev–Trinajstić information content (AvgIpc) is 3.03. The number of hydrogen-bond acceptors (Lipinski definition) is 3. The van der Waals surface area contributed by atoms with E-state index in [9.17, 15) is 13.6 Å². The van der Waals surface area contributed by atoms with Gasteiger partial charge in [0, 0.05) is 18.2 Å². The lowest BCUT2D eigenvalue weighted by Gasteiger charge is -2.11. The maximum absolute atomic E-state index is 14.7. The number of rotatable bonds is 3. The van der Waals surface area contributed by atoms with Crippen LogP contribution in [0.3, 0.4) is 0 Å². The molecular weight excluding hydrogens is 421 g/mol. The summed E-state index contributed by atoms with van der Waals surface area (Å²) in [6.45, 7) is 0. The zero-order chi connectivity index (χ0) is 20.7. The van der Waals surface area contributed by atoms with Gasteiger partial charge in [0.05, 0.1) is 33.7 Å². The summed E-state index contributed by atoms with van der Waals surface area (Å²) in [4.78, 5) is 16.8. The van der Waals surface area contributed by atoms with E-state index in [1.807, 2.05) is 0 Å². The van der Waals surface area contributed by atoms with E-state index in [2.05, 4.69) is 15.4 Å². The van der Waals surface area contributed by atoms with Crippen LogP contribution in [-0.2, 0) is 7.05 Å². The molecule has 2 aromatic heterocycles. The molecule has 0 aliphatic rings. The van der Waals surface area contributed by atoms with Gasteiger partial charge in [-0.2, -0.15) is 5.10 Å². The molecule has 4 aromatic rings. The van der Waals surface area contributed by atoms with Crippen LogP contribution in [0.1, 0.15) is 10.4 Å². The highest BCUT2D eigenvalue weighted by Crippen LogP contribution is 2.34. The lowest BCUT2D eigenvalue weighted by atomic mass is 10.0. The maximum atomic E-state index is 14.7. The highest BCUT2D eigenvalue weighted by molar-refractivity contribution is 6.35. The molecule has 2 heterocycles. The van der Waals surface area contributed by atoms with Crippen molar-refractivity contribution in [1.82, 2.24) is 14.8 Å². The van der Waals surface area contributed by atoms with Crippen LogP contribution < -0.4 is 5.32 Å². The Morgan fingerprint density at radius 1 is 1.03 bits per heavy atom. The van der Waals surface area contributed by atoms with Gasteiger partial charge in [-0.25, -0.2) is 8.78 Å². The largest absolute Gasteiger partial charge is 0.320 e. The smallest absolute Gasteiger partial charge is 0.257 e. The number of amides is 1. The summed E-state index contributed by atoms with van der Waals surface area (Å²) in [7, 11) is 1.76. The summed E-state index contributed by atoms with van der Waals surface area (Å²) >= 11 is 12.2. The van der Waals surface area contributed by atoms with Crippen molar-refractivity contribution in [1.29, 1.82) is 0 Å². The first-order valence-electron chi connectivity index (χ1n) is 8.37. The Hall–Kier alpha value is -3.03. The molecular formula is C20H12Cl2F2N4O. The Morgan fingerprint density at radius 2 is 1.83 bits per heavy atom. The van der Waals surface area contributed by atoms with E-state index in [0.717, 1.165) is 18.2 Å². The Bertz CT molecular complexity index is 1270. The van der Waals surface area contributed by atoms with Crippen LogP contribution >= 0.6 is 23.2 Å². The minimum atomic E-state index is -0.716. The molecule has 0 aliphatic heterocycles. The zero-order valence-electron chi connectivity index (χ0n) is 14.9. The van der Waals surface area contributed by atoms with Crippen molar-refractivity contribution in [3.05, 3.63) is 76.0 Å². The first kappa shape index (κ1) is 19.3. The van der Waals surface area contributed by atoms with Crippen molar-refractivity contribution in [2.45, 2.75) is 0 Å². The van der Waals surface area contributed by atoms with E-state index >= 15 is 0 Å². The van der Waals surface area contributed by atoms with Crippen molar-refractivity contribution < 1.29 is 13.6 Å². The molecule has 1 amide bonds. The molecule has 0 unspecified atom stereocenters. The van der Waals surface area contributed by atoms with Crippen LogP contribution in [0.2, 0.25) is 10.0 Å². The van der Waals surface area contributed by atoms with Crippen molar-refractivity contribution >= 4 is 45.8 Å². The van der Waals surface area contributed by atoms with Gasteiger partial charge in [0.15, 0.2) is 0 Å². The normalized spacial score (nSPS) is 11.1. The number of carbonyl (C=O) groups excluding carboxylic acids is 1. The van der Waals surface area contributed by atoms with Crippen LogP contribution in [0, 0.1) is 11.6 Å². The summed E-state index contributed by atoms with van der Waals surface area (Å²) in [5.74, 6) is -1.87. The topological polar surface area (TPSA) is 59.8 Å². The highest BCUT2D eigenvalue weighted by Gasteiger charge is 2.18. The molecule has 0 aliphatic carbocycles. The van der Waals surface area contributed by atoms with Crippen LogP contribution in [0.4, 0.5) is 14.5 Å². The van der Waals surface area contributed by atoms with Crippen LogP contribution in [0.25, 0.3) is 22.2 Å². The van der Waals surface area contributed by atoms with Crippen LogP contribution in [-0.4, -0.2) is 20.7 Å². The second kappa shape index (κ2) is 7.42. The van der Waals surface area contributed by atoms with Crippen molar-refractivity contribution in [3.63, 3.8) is 0 Å². The SMILES string of the molecule is Cn1cc2ncc(NC(=O)c3cc(F)c(-c4ccc(F)cc4Cl)cc3Cl)cc2n1. The average molecular weight is 433 g/mol. The van der Waals surface area contributed by atoms with E-state index in [0.29, 0.717) is 16.7 Å². The fourth-order valence-electron chi connectivity index (χ4n) is 2.92. The van der Waals surface area contributed by atoms with Gasteiger partial charge >= 0.3 is 0 Å². The minimum Gasteiger partial charge on any atom is -0.320 e. The predicted octanol–water partition coefficient (Wildman–Crippen LogP) is 5.47. The molecule has 0 bridgehead atoms. The van der Waals surface area contributed by atoms with E-state index in [-0.39, 0.29) is 26.7 Å². The molecule has 0 saturated carbocycles. The van der Waals surface area contributed by atoms with Crippen LogP contribution in [0.5, 0.6) is 0 Å². The molecule has 0 fully saturated rings. The molecule has 9 heteroatoms. The monoisotopic (exact) mass is 432 g/mol. The third kappa shape index (κ3) is 3.79. The Morgan fingerprint density at radius 3 is 2.59 bits per heavy atom. The van der Waals surface area contributed by atoms with Gasteiger partial charge in [-0.05, 0) is 36.4 Å². The van der Waals surface area contributed by atoms with Crippen LogP contribution in [0.15, 0.2) is 48.8 Å². The minimum absolute atomic E-state index is 0.0196. The Labute approximate surface area is 173 Å². The van der Waals surface area contributed by atoms with E-state index < -0.39 is 17.5 Å². The molecule has 146 valence electrons. The molecule has 1 N–H and O–H groups in total. The molecule has 2 aromatic carbocycles. The molecule has 0 saturated heterocycles. The highest BCUT2D eigenvalue weighted by atomic mass is 35.5. The molecule has 0 spiro atoms. The number of pyridine rings is 1. The van der Waals surface area contributed by atoms with E-state index in [1.54, 1.807) is 24.0 Å². The first-order chi connectivity index (χ1) is 13.8. The van der Waals surface area contributed by atoms with Crippen molar-refractivity contribution in [2.24, 2.45) is 7.05 Å². The lowest BCUT2D eigenvalue weighted by molar-refractivity contribution is 0.102. The predicted molar refractivity (Wildman–Crippen MR) is 108 cm³/mol. The molecule has 0 radical (unpaired) electrons. The first-order valence-corrected chi connectivity index (χ1v) is 9.12. The molecule has 4 rings (SSSR count). The van der Waals surface area contributed by atoms with Gasteiger partial charge in [0.25, 0.3) is 5.91 Å². The molecule has 29 heavy (non-hydrogen) atoms. The number of hydrogen-bond donors (Lipinski definition) is 1. The van der Waals surface area contributed by atoms with Crippen molar-refractivity contribution in [3.8, 4) is 11.1 Å². The number of halogens is 4. The number of fused-ring (bicyclic) bond motifs is 1. The van der Waals surface area contributed by atoms with E-state index in [1.165, 1.54) is 18.3 Å². The summed E-state index contributed by atoms with van der Waals surface area (Å²) in [6.07, 6.45) is 3.21. The quantitative estimate of drug-likeness (QED) is 0.466. The number of benzene rings is 2. The fraction of sp³-hybridized carbons (Fsp3) is 0.0500. The van der Waals surface area contributed by atoms with Gasteiger partial charge in [0.1, 0.15) is 22.7 Å². The van der Waals surface area contributed by atoms with Crippen molar-refractivity contribution in [2.75, 3.05) is 5.32 Å². The number of anilines is 1. The number of nitrogens with zero attached hydrogens (tertiary/aromatic N) is 3. The lowest BCUT2D eigenvalue weighted by Crippen LogP contribution is -2.13. The number of aryl methyl sites for hydroxylation is 1. The molecule has 0 atom stereocenters. The third-order valence-corrected chi connectivity index (χ3v) is 4.88. The number of aromatic nitrogens is 3. The summed E-state index contributed by atoms with van der Waals surface area (Å²) in [6, 6.07) is 7.53. The van der Waals surface area contributed by atoms with Gasteiger partial charge in [-0.3, -0.25) is 14.5 Å². The summed E-state index contributed by atoms with van der Waals surface area (Å²) in [5.41, 5.74) is 1.94. The third-order valence-electron chi connectivity index (χ3n) is 4.25. The standard InChI is InChI=1S/C20H12Cl2F2N4O/c1-28-9-19-18(27-28)5-11(8-25-19)26-20(29)14-7-17(24)13(6-16(14)22)12-3-2-10(23)4-15(12)21/h2-9H,1H3,(H,26,29). The van der Waals surface area contributed by atoms with Gasteiger partial charge in [0.2, 0.25) is 0 Å². The molecule has 5 nitrogen and oxygen atoms in total. The second-order valence-corrected chi connectivity index (χ2v) is 7.14. The van der Waals surface area contributed by atoms with Gasteiger partial charge in [-0.1, -0.05) is 23.2 Å². The van der Waals surface area contributed by atoms with Gasteiger partial charge < -0.3 is 5.32 Å². The number of carbonyl (C=O) groups is 1. The van der Waals surface area contributed by atoms with Gasteiger partial charge in [-0.15, -0.1) is 0 Å². The fourth-order valence-corrected chi connectivity index (χ4v) is 3.44. The number of nitrogens with one attached hydrogen (secondary N) is 1. The second-order valence-electron chi connectivity index (χ2n) is 6.32.